The van der Waals surface area contributed by atoms with E-state index in [4.69, 9.17) is 9.47 Å². The lowest BCUT2D eigenvalue weighted by atomic mass is 9.92. The second-order valence-electron chi connectivity index (χ2n) is 4.90. The molecule has 0 bridgehead atoms. The Morgan fingerprint density at radius 2 is 2.05 bits per heavy atom. The molecule has 3 nitrogen and oxygen atoms in total. The highest BCUT2D eigenvalue weighted by Gasteiger charge is 2.29. The van der Waals surface area contributed by atoms with E-state index in [2.05, 4.69) is 15.9 Å². The fourth-order valence-electron chi connectivity index (χ4n) is 2.40. The third-order valence-corrected chi connectivity index (χ3v) is 4.37. The molecule has 0 aliphatic heterocycles. The van der Waals surface area contributed by atoms with E-state index in [0.29, 0.717) is 29.1 Å². The maximum Gasteiger partial charge on any atom is 0.132 e. The number of aryl methyl sites for hydroxylation is 1. The number of aliphatic hydroxyl groups is 1. The van der Waals surface area contributed by atoms with E-state index < -0.39 is 6.10 Å². The lowest BCUT2D eigenvalue weighted by molar-refractivity contribution is 0.185. The fraction of sp³-hybridized carbons (Fsp3) is 0.375. The quantitative estimate of drug-likeness (QED) is 0.834. The van der Waals surface area contributed by atoms with Gasteiger partial charge in [0, 0.05) is 17.2 Å². The van der Waals surface area contributed by atoms with Crippen LogP contribution in [0.1, 0.15) is 23.7 Å². The summed E-state index contributed by atoms with van der Waals surface area (Å²) in [5.41, 5.74) is 1.39. The number of hydrogen-bond acceptors (Lipinski definition) is 3. The van der Waals surface area contributed by atoms with Gasteiger partial charge in [-0.05, 0) is 18.9 Å². The van der Waals surface area contributed by atoms with E-state index in [0.717, 1.165) is 0 Å². The zero-order valence-corrected chi connectivity index (χ0v) is 13.8. The molecule has 2 rings (SSSR count). The van der Waals surface area contributed by atoms with Crippen molar-refractivity contribution in [3.63, 3.8) is 0 Å². The lowest BCUT2D eigenvalue weighted by Gasteiger charge is -2.26. The van der Waals surface area contributed by atoms with Crippen molar-refractivity contribution in [1.29, 1.82) is 0 Å². The van der Waals surface area contributed by atoms with Gasteiger partial charge in [0.25, 0.3) is 0 Å². The fourth-order valence-corrected chi connectivity index (χ4v) is 3.07. The van der Waals surface area contributed by atoms with Crippen molar-refractivity contribution < 1.29 is 19.0 Å². The summed E-state index contributed by atoms with van der Waals surface area (Å²) in [6.45, 7) is 1.67. The Hall–Kier alpha value is -1.33. The van der Waals surface area contributed by atoms with Gasteiger partial charge in [-0.3, -0.25) is 0 Å². The molecule has 1 aliphatic carbocycles. The summed E-state index contributed by atoms with van der Waals surface area (Å²) >= 11 is 3.50. The minimum absolute atomic E-state index is 0.0704. The Morgan fingerprint density at radius 3 is 2.67 bits per heavy atom. The van der Waals surface area contributed by atoms with E-state index in [1.165, 1.54) is 7.11 Å². The molecule has 0 saturated heterocycles. The first-order valence-electron chi connectivity index (χ1n) is 6.59. The number of alkyl halides is 1. The van der Waals surface area contributed by atoms with Crippen LogP contribution in [0, 0.1) is 12.7 Å². The molecule has 114 valence electrons. The van der Waals surface area contributed by atoms with Crippen molar-refractivity contribution in [2.45, 2.75) is 24.3 Å². The summed E-state index contributed by atoms with van der Waals surface area (Å²) in [6.07, 6.45) is 1.15. The summed E-state index contributed by atoms with van der Waals surface area (Å²) in [6, 6.07) is 5.00. The number of methoxy groups -OCH3 is 2. The predicted molar refractivity (Wildman–Crippen MR) is 82.6 cm³/mol. The van der Waals surface area contributed by atoms with Crippen LogP contribution < -0.4 is 0 Å². The summed E-state index contributed by atoms with van der Waals surface area (Å²) < 4.78 is 24.8. The second kappa shape index (κ2) is 6.62. The Kier molecular flexibility index (Phi) is 5.06. The molecule has 0 aromatic heterocycles. The first-order valence-corrected chi connectivity index (χ1v) is 7.51. The minimum Gasteiger partial charge on any atom is -0.500 e. The van der Waals surface area contributed by atoms with Gasteiger partial charge in [-0.25, -0.2) is 4.39 Å². The third-order valence-electron chi connectivity index (χ3n) is 3.60. The van der Waals surface area contributed by atoms with Gasteiger partial charge in [-0.15, -0.1) is 0 Å². The molecule has 0 fully saturated rings. The number of halogens is 2. The predicted octanol–water partition coefficient (Wildman–Crippen LogP) is 3.77. The van der Waals surface area contributed by atoms with Crippen LogP contribution in [0.15, 0.2) is 41.4 Å². The second-order valence-corrected chi connectivity index (χ2v) is 6.00. The van der Waals surface area contributed by atoms with E-state index in [9.17, 15) is 9.50 Å². The highest BCUT2D eigenvalue weighted by atomic mass is 79.9. The highest BCUT2D eigenvalue weighted by Crippen LogP contribution is 2.37. The standard InChI is InChI=1S/C16H18BrFO3/c1-9-5-4-6-10(15(9)18)16(19)11-7-12(17)14(21-3)8-13(11)20-2/h4-6,8,12,16,19H,7H2,1-3H3. The number of rotatable bonds is 4. The van der Waals surface area contributed by atoms with Crippen molar-refractivity contribution in [3.8, 4) is 0 Å². The van der Waals surface area contributed by atoms with Gasteiger partial charge >= 0.3 is 0 Å². The Labute approximate surface area is 132 Å². The first kappa shape index (κ1) is 16.0. The van der Waals surface area contributed by atoms with Gasteiger partial charge in [0.05, 0.1) is 19.0 Å². The van der Waals surface area contributed by atoms with Crippen LogP contribution in [0.25, 0.3) is 0 Å². The molecular formula is C16H18BrFO3. The zero-order chi connectivity index (χ0) is 15.6. The monoisotopic (exact) mass is 356 g/mol. The van der Waals surface area contributed by atoms with Gasteiger partial charge in [-0.2, -0.15) is 0 Å². The van der Waals surface area contributed by atoms with E-state index in [-0.39, 0.29) is 16.2 Å². The largest absolute Gasteiger partial charge is 0.500 e. The molecular weight excluding hydrogens is 339 g/mol. The molecule has 0 saturated carbocycles. The Bertz CT molecular complexity index is 595. The van der Waals surface area contributed by atoms with Crippen LogP contribution in [0.5, 0.6) is 0 Å². The Morgan fingerprint density at radius 1 is 1.33 bits per heavy atom. The average Bonchev–Trinajstić information content (AvgIpc) is 2.49. The number of ether oxygens (including phenoxy) is 2. The number of benzene rings is 1. The van der Waals surface area contributed by atoms with Gasteiger partial charge in [-0.1, -0.05) is 34.1 Å². The lowest BCUT2D eigenvalue weighted by Crippen LogP contribution is -2.18. The van der Waals surface area contributed by atoms with E-state index in [1.54, 1.807) is 38.3 Å². The third kappa shape index (κ3) is 3.14. The van der Waals surface area contributed by atoms with Crippen LogP contribution in [-0.4, -0.2) is 24.2 Å². The Balaban J connectivity index is 2.45. The van der Waals surface area contributed by atoms with Crippen molar-refractivity contribution in [2.75, 3.05) is 14.2 Å². The maximum atomic E-state index is 14.2. The smallest absolute Gasteiger partial charge is 0.132 e. The van der Waals surface area contributed by atoms with Crippen molar-refractivity contribution >= 4 is 15.9 Å². The van der Waals surface area contributed by atoms with Crippen molar-refractivity contribution in [1.82, 2.24) is 0 Å². The molecule has 2 unspecified atom stereocenters. The van der Waals surface area contributed by atoms with Gasteiger partial charge in [0.2, 0.25) is 0 Å². The van der Waals surface area contributed by atoms with Crippen LogP contribution in [0.4, 0.5) is 4.39 Å². The van der Waals surface area contributed by atoms with Crippen LogP contribution >= 0.6 is 15.9 Å². The summed E-state index contributed by atoms with van der Waals surface area (Å²) in [5.74, 6) is 0.837. The average molecular weight is 357 g/mol. The molecule has 1 aliphatic rings. The summed E-state index contributed by atoms with van der Waals surface area (Å²) in [4.78, 5) is -0.0704. The summed E-state index contributed by atoms with van der Waals surface area (Å²) in [5, 5.41) is 10.6. The van der Waals surface area contributed by atoms with Crippen LogP contribution in [0.2, 0.25) is 0 Å². The number of allylic oxidation sites excluding steroid dienone is 2. The minimum atomic E-state index is -1.05. The molecule has 21 heavy (non-hydrogen) atoms. The molecule has 0 spiro atoms. The van der Waals surface area contributed by atoms with Crippen molar-refractivity contribution in [3.05, 3.63) is 58.3 Å². The topological polar surface area (TPSA) is 38.7 Å². The molecule has 0 heterocycles. The van der Waals surface area contributed by atoms with Crippen molar-refractivity contribution in [2.24, 2.45) is 0 Å². The number of aliphatic hydroxyl groups excluding tert-OH is 1. The summed E-state index contributed by atoms with van der Waals surface area (Å²) in [7, 11) is 3.10. The molecule has 0 radical (unpaired) electrons. The van der Waals surface area contributed by atoms with E-state index >= 15 is 0 Å². The van der Waals surface area contributed by atoms with Gasteiger partial charge < -0.3 is 14.6 Å². The number of hydrogen-bond donors (Lipinski definition) is 1. The normalized spacial score (nSPS) is 20.1. The maximum absolute atomic E-state index is 14.2. The molecule has 5 heteroatoms. The first-order chi connectivity index (χ1) is 9.99. The van der Waals surface area contributed by atoms with Crippen LogP contribution in [-0.2, 0) is 9.47 Å². The molecule has 1 aromatic carbocycles. The molecule has 2 atom stereocenters. The highest BCUT2D eigenvalue weighted by molar-refractivity contribution is 9.09. The SMILES string of the molecule is COC1=CC(OC)=C(C(O)c2cccc(C)c2F)CC1Br. The molecule has 0 amide bonds. The van der Waals surface area contributed by atoms with Gasteiger partial charge in [0.15, 0.2) is 0 Å². The van der Waals surface area contributed by atoms with Gasteiger partial charge in [0.1, 0.15) is 23.4 Å². The van der Waals surface area contributed by atoms with E-state index in [1.807, 2.05) is 0 Å². The van der Waals surface area contributed by atoms with Crippen LogP contribution in [0.3, 0.4) is 0 Å². The molecule has 1 N–H and O–H groups in total. The zero-order valence-electron chi connectivity index (χ0n) is 12.2. The molecule has 1 aromatic rings.